The van der Waals surface area contributed by atoms with Gasteiger partial charge in [-0.15, -0.1) is 6.58 Å². The second-order valence-corrected chi connectivity index (χ2v) is 4.84. The van der Waals surface area contributed by atoms with E-state index in [-0.39, 0.29) is 17.4 Å². The van der Waals surface area contributed by atoms with Crippen LogP contribution in [-0.2, 0) is 9.53 Å². The molecule has 1 heterocycles. The van der Waals surface area contributed by atoms with Gasteiger partial charge in [-0.3, -0.25) is 4.79 Å². The van der Waals surface area contributed by atoms with E-state index in [0.29, 0.717) is 12.0 Å². The lowest BCUT2D eigenvalue weighted by Crippen LogP contribution is -2.36. The Morgan fingerprint density at radius 3 is 3.07 bits per heavy atom. The van der Waals surface area contributed by atoms with Gasteiger partial charge in [-0.2, -0.15) is 0 Å². The van der Waals surface area contributed by atoms with E-state index in [1.165, 1.54) is 0 Å². The summed E-state index contributed by atoms with van der Waals surface area (Å²) in [6.45, 7) is 3.73. The Bertz CT molecular complexity index is 312. The first-order valence-electron chi connectivity index (χ1n) is 5.18. The predicted molar refractivity (Wildman–Crippen MR) is 49.8 cm³/mol. The van der Waals surface area contributed by atoms with Crippen molar-refractivity contribution in [2.75, 3.05) is 0 Å². The summed E-state index contributed by atoms with van der Waals surface area (Å²) in [5, 5.41) is 9.17. The maximum atomic E-state index is 11.1. The van der Waals surface area contributed by atoms with Gasteiger partial charge in [0, 0.05) is 5.41 Å². The van der Waals surface area contributed by atoms with E-state index in [2.05, 4.69) is 6.58 Å². The number of carboxylic acids is 1. The van der Waals surface area contributed by atoms with Gasteiger partial charge in [-0.25, -0.2) is 0 Å². The van der Waals surface area contributed by atoms with Crippen LogP contribution in [0.3, 0.4) is 0 Å². The molecule has 14 heavy (non-hydrogen) atoms. The summed E-state index contributed by atoms with van der Waals surface area (Å²) in [4.78, 5) is 11.1. The third-order valence-electron chi connectivity index (χ3n) is 4.25. The minimum atomic E-state index is -0.650. The first-order chi connectivity index (χ1) is 6.69. The Morgan fingerprint density at radius 1 is 1.71 bits per heavy atom. The van der Waals surface area contributed by atoms with Crippen LogP contribution in [0.25, 0.3) is 0 Å². The number of carbonyl (C=O) groups is 1. The molecule has 0 amide bonds. The number of carboxylic acid groups (broad SMARTS) is 1. The molecule has 5 atom stereocenters. The lowest BCUT2D eigenvalue weighted by molar-refractivity contribution is -0.146. The lowest BCUT2D eigenvalue weighted by Gasteiger charge is -2.30. The summed E-state index contributed by atoms with van der Waals surface area (Å²) in [7, 11) is 0. The number of fused-ring (bicyclic) bond motifs is 5. The molecule has 0 aromatic heterocycles. The van der Waals surface area contributed by atoms with Gasteiger partial charge in [-0.05, 0) is 25.2 Å². The van der Waals surface area contributed by atoms with Gasteiger partial charge in [0.25, 0.3) is 0 Å². The van der Waals surface area contributed by atoms with Crippen molar-refractivity contribution in [3.05, 3.63) is 12.7 Å². The SMILES string of the molecule is C=CCC12CC(CC1C(=O)O)C1OC12. The summed E-state index contributed by atoms with van der Waals surface area (Å²) in [5.41, 5.74) is -0.108. The van der Waals surface area contributed by atoms with Crippen molar-refractivity contribution in [2.45, 2.75) is 31.5 Å². The fourth-order valence-electron chi connectivity index (χ4n) is 3.72. The zero-order valence-electron chi connectivity index (χ0n) is 7.98. The van der Waals surface area contributed by atoms with Crippen LogP contribution in [0.5, 0.6) is 0 Å². The first kappa shape index (κ1) is 8.48. The monoisotopic (exact) mass is 194 g/mol. The van der Waals surface area contributed by atoms with E-state index >= 15 is 0 Å². The summed E-state index contributed by atoms with van der Waals surface area (Å²) >= 11 is 0. The Kier molecular flexibility index (Phi) is 1.45. The van der Waals surface area contributed by atoms with Crippen molar-refractivity contribution in [1.82, 2.24) is 0 Å². The van der Waals surface area contributed by atoms with Crippen LogP contribution in [0, 0.1) is 17.3 Å². The van der Waals surface area contributed by atoms with Crippen LogP contribution in [0.4, 0.5) is 0 Å². The van der Waals surface area contributed by atoms with Crippen molar-refractivity contribution >= 4 is 5.97 Å². The third-order valence-corrected chi connectivity index (χ3v) is 4.25. The van der Waals surface area contributed by atoms with Crippen LogP contribution in [0.1, 0.15) is 19.3 Å². The molecule has 2 bridgehead atoms. The molecule has 0 aromatic rings. The molecular formula is C11H14O3. The molecule has 2 saturated carbocycles. The van der Waals surface area contributed by atoms with Gasteiger partial charge in [0.2, 0.25) is 0 Å². The molecule has 2 aliphatic carbocycles. The molecule has 0 aromatic carbocycles. The number of epoxide rings is 1. The fourth-order valence-corrected chi connectivity index (χ4v) is 3.72. The molecule has 1 N–H and O–H groups in total. The maximum absolute atomic E-state index is 11.1. The lowest BCUT2D eigenvalue weighted by atomic mass is 9.72. The minimum Gasteiger partial charge on any atom is -0.481 e. The number of allylic oxidation sites excluding steroid dienone is 1. The van der Waals surface area contributed by atoms with Crippen molar-refractivity contribution in [1.29, 1.82) is 0 Å². The molecule has 5 unspecified atom stereocenters. The smallest absolute Gasteiger partial charge is 0.307 e. The molecule has 0 radical (unpaired) electrons. The molecule has 0 spiro atoms. The van der Waals surface area contributed by atoms with Gasteiger partial charge in [0.1, 0.15) is 0 Å². The van der Waals surface area contributed by atoms with E-state index in [1.807, 2.05) is 6.08 Å². The molecule has 76 valence electrons. The molecule has 1 aliphatic heterocycles. The van der Waals surface area contributed by atoms with E-state index in [4.69, 9.17) is 4.74 Å². The van der Waals surface area contributed by atoms with Crippen LogP contribution in [-0.4, -0.2) is 23.3 Å². The second-order valence-electron chi connectivity index (χ2n) is 4.84. The highest BCUT2D eigenvalue weighted by atomic mass is 16.6. The van der Waals surface area contributed by atoms with E-state index < -0.39 is 5.97 Å². The Hall–Kier alpha value is -0.830. The highest BCUT2D eigenvalue weighted by molar-refractivity contribution is 5.72. The average Bonchev–Trinajstić information content (AvgIpc) is 2.79. The second kappa shape index (κ2) is 2.40. The molecule has 3 fully saturated rings. The van der Waals surface area contributed by atoms with Gasteiger partial charge in [0.05, 0.1) is 18.1 Å². The van der Waals surface area contributed by atoms with Crippen LogP contribution in [0.15, 0.2) is 12.7 Å². The minimum absolute atomic E-state index is 0.108. The highest BCUT2D eigenvalue weighted by Crippen LogP contribution is 2.67. The topological polar surface area (TPSA) is 49.8 Å². The summed E-state index contributed by atoms with van der Waals surface area (Å²) in [5.74, 6) is -0.349. The first-order valence-corrected chi connectivity index (χ1v) is 5.18. The summed E-state index contributed by atoms with van der Waals surface area (Å²) < 4.78 is 5.57. The zero-order chi connectivity index (χ0) is 9.92. The number of ether oxygens (including phenoxy) is 1. The number of aliphatic carboxylic acids is 1. The molecular weight excluding hydrogens is 180 g/mol. The van der Waals surface area contributed by atoms with E-state index in [9.17, 15) is 9.90 Å². The van der Waals surface area contributed by atoms with Crippen molar-refractivity contribution in [3.8, 4) is 0 Å². The van der Waals surface area contributed by atoms with Crippen LogP contribution in [0.2, 0.25) is 0 Å². The summed E-state index contributed by atoms with van der Waals surface area (Å²) in [6, 6.07) is 0. The van der Waals surface area contributed by atoms with Crippen molar-refractivity contribution < 1.29 is 14.6 Å². The number of hydrogen-bond donors (Lipinski definition) is 1. The van der Waals surface area contributed by atoms with E-state index in [0.717, 1.165) is 19.3 Å². The normalized spacial score (nSPS) is 52.9. The third kappa shape index (κ3) is 0.793. The molecule has 3 heteroatoms. The summed E-state index contributed by atoms with van der Waals surface area (Å²) in [6.07, 6.45) is 5.09. The van der Waals surface area contributed by atoms with Crippen LogP contribution >= 0.6 is 0 Å². The van der Waals surface area contributed by atoms with Gasteiger partial charge in [0.15, 0.2) is 0 Å². The standard InChI is InChI=1S/C11H14O3/c1-2-3-11-5-6(8-9(11)14-8)4-7(11)10(12)13/h2,6-9H,1,3-5H2,(H,12,13). The fraction of sp³-hybridized carbons (Fsp3) is 0.727. The average molecular weight is 194 g/mol. The Morgan fingerprint density at radius 2 is 2.50 bits per heavy atom. The highest BCUT2D eigenvalue weighted by Gasteiger charge is 2.72. The predicted octanol–water partition coefficient (Wildman–Crippen LogP) is 1.44. The van der Waals surface area contributed by atoms with Crippen molar-refractivity contribution in [3.63, 3.8) is 0 Å². The number of hydrogen-bond acceptors (Lipinski definition) is 2. The van der Waals surface area contributed by atoms with Gasteiger partial charge in [-0.1, -0.05) is 6.08 Å². The van der Waals surface area contributed by atoms with Crippen molar-refractivity contribution in [2.24, 2.45) is 17.3 Å². The molecule has 3 rings (SSSR count). The zero-order valence-corrected chi connectivity index (χ0v) is 7.98. The quantitative estimate of drug-likeness (QED) is 0.546. The Labute approximate surface area is 82.8 Å². The molecule has 1 saturated heterocycles. The van der Waals surface area contributed by atoms with E-state index in [1.54, 1.807) is 0 Å². The Balaban J connectivity index is 1.95. The van der Waals surface area contributed by atoms with Gasteiger partial charge >= 0.3 is 5.97 Å². The van der Waals surface area contributed by atoms with Gasteiger partial charge < -0.3 is 9.84 Å². The molecule has 3 nitrogen and oxygen atoms in total. The number of rotatable bonds is 3. The maximum Gasteiger partial charge on any atom is 0.307 e. The largest absolute Gasteiger partial charge is 0.481 e. The van der Waals surface area contributed by atoms with Crippen LogP contribution < -0.4 is 0 Å². The molecule has 3 aliphatic rings.